The van der Waals surface area contributed by atoms with Crippen molar-refractivity contribution in [3.8, 4) is 12.1 Å². The molecule has 2 nitrogen and oxygen atoms in total. The summed E-state index contributed by atoms with van der Waals surface area (Å²) in [6.07, 6.45) is 2.36. The van der Waals surface area contributed by atoms with Crippen molar-refractivity contribution in [3.63, 3.8) is 0 Å². The van der Waals surface area contributed by atoms with Crippen molar-refractivity contribution >= 4 is 0 Å². The summed E-state index contributed by atoms with van der Waals surface area (Å²) < 4.78 is 0. The first kappa shape index (κ1) is 13.2. The maximum absolute atomic E-state index is 3.16. The van der Waals surface area contributed by atoms with Crippen LogP contribution in [0.2, 0.25) is 0 Å². The van der Waals surface area contributed by atoms with Crippen molar-refractivity contribution in [2.24, 2.45) is 5.92 Å². The molecule has 0 radical (unpaired) electrons. The highest BCUT2D eigenvalue weighted by molar-refractivity contribution is 4.97. The first-order valence-electron chi connectivity index (χ1n) is 5.59. The van der Waals surface area contributed by atoms with Gasteiger partial charge in [-0.2, -0.15) is 0 Å². The summed E-state index contributed by atoms with van der Waals surface area (Å²) in [5.41, 5.74) is 0. The van der Waals surface area contributed by atoms with Crippen LogP contribution in [0, 0.1) is 18.0 Å². The summed E-state index contributed by atoms with van der Waals surface area (Å²) in [6.45, 7) is 10.0. The van der Waals surface area contributed by atoms with Crippen LogP contribution in [0.1, 0.15) is 40.5 Å². The molecule has 0 aromatic carbocycles. The molecule has 2 atom stereocenters. The number of rotatable bonds is 5. The van der Waals surface area contributed by atoms with E-state index in [1.165, 1.54) is 6.42 Å². The second-order valence-corrected chi connectivity index (χ2v) is 3.91. The fourth-order valence-corrected chi connectivity index (χ4v) is 1.15. The lowest BCUT2D eigenvalue weighted by molar-refractivity contribution is 0.262. The van der Waals surface area contributed by atoms with Crippen LogP contribution in [-0.4, -0.2) is 24.5 Å². The predicted molar refractivity (Wildman–Crippen MR) is 62.7 cm³/mol. The molecule has 0 aliphatic rings. The molecule has 14 heavy (non-hydrogen) atoms. The molecule has 0 amide bonds. The van der Waals surface area contributed by atoms with Crippen molar-refractivity contribution < 1.29 is 0 Å². The maximum atomic E-state index is 3.16. The van der Waals surface area contributed by atoms with Gasteiger partial charge in [0.15, 0.2) is 0 Å². The average molecular weight is 196 g/mol. The zero-order chi connectivity index (χ0) is 11.0. The molecule has 2 heteroatoms. The van der Waals surface area contributed by atoms with E-state index in [1.54, 1.807) is 0 Å². The smallest absolute Gasteiger partial charge is 0.0341 e. The van der Waals surface area contributed by atoms with Crippen LogP contribution in [0.4, 0.5) is 0 Å². The second-order valence-electron chi connectivity index (χ2n) is 3.91. The Bertz CT molecular complexity index is 190. The Morgan fingerprint density at radius 3 is 2.29 bits per heavy atom. The second kappa shape index (κ2) is 7.55. The third-order valence-electron chi connectivity index (χ3n) is 2.65. The molecule has 0 aromatic rings. The standard InChI is InChI=1S/C12H24N2/c1-6-11(3)10-14(9-8-13-5)12(4)7-2/h11-13H,6-7,10H2,1-5H3. The third kappa shape index (κ3) is 5.01. The highest BCUT2D eigenvalue weighted by Gasteiger charge is 2.10. The van der Waals surface area contributed by atoms with Gasteiger partial charge in [-0.05, 0) is 19.3 Å². The van der Waals surface area contributed by atoms with Crippen LogP contribution in [0.5, 0.6) is 0 Å². The first-order valence-corrected chi connectivity index (χ1v) is 5.59. The van der Waals surface area contributed by atoms with Gasteiger partial charge in [0.1, 0.15) is 0 Å². The number of nitrogens with one attached hydrogen (secondary N) is 1. The van der Waals surface area contributed by atoms with Gasteiger partial charge in [-0.25, -0.2) is 0 Å². The molecule has 1 N–H and O–H groups in total. The molecule has 0 rings (SSSR count). The fourth-order valence-electron chi connectivity index (χ4n) is 1.15. The zero-order valence-corrected chi connectivity index (χ0v) is 10.2. The molecule has 82 valence electrons. The molecular formula is C12H24N2. The molecule has 2 unspecified atom stereocenters. The lowest BCUT2D eigenvalue weighted by atomic mass is 10.1. The monoisotopic (exact) mass is 196 g/mol. The van der Waals surface area contributed by atoms with Crippen molar-refractivity contribution in [1.82, 2.24) is 10.2 Å². The van der Waals surface area contributed by atoms with E-state index in [4.69, 9.17) is 0 Å². The molecule has 0 saturated heterocycles. The van der Waals surface area contributed by atoms with Crippen LogP contribution in [-0.2, 0) is 0 Å². The van der Waals surface area contributed by atoms with E-state index >= 15 is 0 Å². The summed E-state index contributed by atoms with van der Waals surface area (Å²) in [7, 11) is 1.85. The van der Waals surface area contributed by atoms with Crippen LogP contribution >= 0.6 is 0 Å². The van der Waals surface area contributed by atoms with E-state index in [1.807, 2.05) is 7.05 Å². The van der Waals surface area contributed by atoms with Crippen molar-refractivity contribution in [2.75, 3.05) is 13.6 Å². The molecule has 0 bridgehead atoms. The molecule has 0 aliphatic heterocycles. The summed E-state index contributed by atoms with van der Waals surface area (Å²) in [5.74, 6) is 0.718. The quantitative estimate of drug-likeness (QED) is 0.536. The summed E-state index contributed by atoms with van der Waals surface area (Å²) >= 11 is 0. The molecule has 0 fully saturated rings. The van der Waals surface area contributed by atoms with E-state index in [0.29, 0.717) is 6.04 Å². The lowest BCUT2D eigenvalue weighted by Crippen LogP contribution is -2.32. The summed E-state index contributed by atoms with van der Waals surface area (Å²) in [5, 5.41) is 2.87. The molecular weight excluding hydrogens is 172 g/mol. The minimum Gasteiger partial charge on any atom is -0.347 e. The van der Waals surface area contributed by atoms with Crippen LogP contribution < -0.4 is 5.32 Å². The predicted octanol–water partition coefficient (Wildman–Crippen LogP) is 2.27. The largest absolute Gasteiger partial charge is 0.347 e. The van der Waals surface area contributed by atoms with Gasteiger partial charge in [0, 0.05) is 31.7 Å². The first-order chi connectivity index (χ1) is 6.65. The van der Waals surface area contributed by atoms with Gasteiger partial charge in [-0.15, -0.1) is 0 Å². The molecule has 0 heterocycles. The highest BCUT2D eigenvalue weighted by Crippen LogP contribution is 2.08. The van der Waals surface area contributed by atoms with Crippen molar-refractivity contribution in [3.05, 3.63) is 0 Å². The fraction of sp³-hybridized carbons (Fsp3) is 0.833. The number of hydrogen-bond donors (Lipinski definition) is 1. The maximum Gasteiger partial charge on any atom is 0.0341 e. The van der Waals surface area contributed by atoms with E-state index in [0.717, 1.165) is 18.9 Å². The number of hydrogen-bond acceptors (Lipinski definition) is 2. The summed E-state index contributed by atoms with van der Waals surface area (Å²) in [4.78, 5) is 2.24. The molecule has 0 saturated carbocycles. The Labute approximate surface area is 89.1 Å². The molecule has 0 aromatic heterocycles. The van der Waals surface area contributed by atoms with Gasteiger partial charge in [0.2, 0.25) is 0 Å². The third-order valence-corrected chi connectivity index (χ3v) is 2.65. The van der Waals surface area contributed by atoms with Crippen molar-refractivity contribution in [1.29, 1.82) is 0 Å². The van der Waals surface area contributed by atoms with Gasteiger partial charge >= 0.3 is 0 Å². The van der Waals surface area contributed by atoms with Gasteiger partial charge in [-0.3, -0.25) is 0 Å². The van der Waals surface area contributed by atoms with Crippen LogP contribution in [0.25, 0.3) is 0 Å². The lowest BCUT2D eigenvalue weighted by Gasteiger charge is -2.26. The topological polar surface area (TPSA) is 15.3 Å². The van der Waals surface area contributed by atoms with Crippen molar-refractivity contribution in [2.45, 2.75) is 46.6 Å². The average Bonchev–Trinajstić information content (AvgIpc) is 2.22. The van der Waals surface area contributed by atoms with Gasteiger partial charge in [0.25, 0.3) is 0 Å². The van der Waals surface area contributed by atoms with E-state index in [-0.39, 0.29) is 0 Å². The van der Waals surface area contributed by atoms with Crippen LogP contribution in [0.15, 0.2) is 0 Å². The Morgan fingerprint density at radius 1 is 1.21 bits per heavy atom. The van der Waals surface area contributed by atoms with Gasteiger partial charge < -0.3 is 10.2 Å². The van der Waals surface area contributed by atoms with E-state index < -0.39 is 0 Å². The Balaban J connectivity index is 4.24. The zero-order valence-electron chi connectivity index (χ0n) is 10.2. The van der Waals surface area contributed by atoms with Crippen LogP contribution in [0.3, 0.4) is 0 Å². The minimum absolute atomic E-state index is 0.546. The van der Waals surface area contributed by atoms with E-state index in [9.17, 15) is 0 Å². The Hall–Kier alpha value is -0.840. The molecule has 0 aliphatic carbocycles. The van der Waals surface area contributed by atoms with Gasteiger partial charge in [0.05, 0.1) is 0 Å². The van der Waals surface area contributed by atoms with Gasteiger partial charge in [-0.1, -0.05) is 27.2 Å². The minimum atomic E-state index is 0.546. The highest BCUT2D eigenvalue weighted by atomic mass is 15.1. The SMILES string of the molecule is CCC(C)CN(C#CNC)C(C)CC. The molecule has 0 spiro atoms. The Morgan fingerprint density at radius 2 is 1.86 bits per heavy atom. The normalized spacial score (nSPS) is 13.8. The summed E-state index contributed by atoms with van der Waals surface area (Å²) in [6, 6.07) is 6.62. The number of nitrogens with zero attached hydrogens (tertiary/aromatic N) is 1. The Kier molecular flexibility index (Phi) is 7.10. The van der Waals surface area contributed by atoms with E-state index in [2.05, 4.69) is 50.0 Å².